The Morgan fingerprint density at radius 3 is 2.59 bits per heavy atom. The van der Waals surface area contributed by atoms with Gasteiger partial charge in [0.05, 0.1) is 10.9 Å². The number of aryl methyl sites for hydroxylation is 1. The quantitative estimate of drug-likeness (QED) is 0.654. The molecule has 2 heterocycles. The molecule has 1 saturated heterocycles. The average molecular weight is 385 g/mol. The van der Waals surface area contributed by atoms with Crippen LogP contribution in [0.5, 0.6) is 0 Å². The van der Waals surface area contributed by atoms with E-state index in [9.17, 15) is 9.59 Å². The Morgan fingerprint density at radius 1 is 1.11 bits per heavy atom. The molecule has 1 amide bonds. The van der Waals surface area contributed by atoms with E-state index in [4.69, 9.17) is 0 Å². The summed E-state index contributed by atoms with van der Waals surface area (Å²) in [5.74, 6) is 0.166. The summed E-state index contributed by atoms with van der Waals surface area (Å²) in [6.07, 6.45) is 3.88. The standard InChI is InChI=1S/C22H28N2O2S/c1-17-8-2-3-9-18(17)19(24-13-4-5-14-24)16-23-22(26)12-6-10-20(25)21-11-7-15-27-21/h2-3,7-9,11,15,19H,4-6,10,12-14,16H2,1H3,(H,23,26). The van der Waals surface area contributed by atoms with Crippen molar-refractivity contribution in [2.75, 3.05) is 19.6 Å². The molecule has 27 heavy (non-hydrogen) atoms. The Morgan fingerprint density at radius 2 is 1.89 bits per heavy atom. The minimum atomic E-state index is 0.0340. The molecule has 1 N–H and O–H groups in total. The lowest BCUT2D eigenvalue weighted by Crippen LogP contribution is -2.37. The van der Waals surface area contributed by atoms with Gasteiger partial charge < -0.3 is 5.32 Å². The molecule has 3 rings (SSSR count). The molecule has 0 spiro atoms. The molecule has 1 unspecified atom stereocenters. The first-order valence-corrected chi connectivity index (χ1v) is 10.7. The van der Waals surface area contributed by atoms with Crippen molar-refractivity contribution in [2.45, 2.75) is 45.1 Å². The third-order valence-corrected chi connectivity index (χ3v) is 6.14. The van der Waals surface area contributed by atoms with Crippen LogP contribution in [0.1, 0.15) is 58.9 Å². The summed E-state index contributed by atoms with van der Waals surface area (Å²) in [7, 11) is 0. The fraction of sp³-hybridized carbons (Fsp3) is 0.455. The third kappa shape index (κ3) is 5.50. The Bertz CT molecular complexity index is 751. The van der Waals surface area contributed by atoms with Crippen molar-refractivity contribution in [2.24, 2.45) is 0 Å². The number of ketones is 1. The van der Waals surface area contributed by atoms with Crippen molar-refractivity contribution in [3.05, 3.63) is 57.8 Å². The zero-order chi connectivity index (χ0) is 19.1. The van der Waals surface area contributed by atoms with E-state index in [1.807, 2.05) is 17.5 Å². The van der Waals surface area contributed by atoms with E-state index in [0.29, 0.717) is 25.8 Å². The van der Waals surface area contributed by atoms with Gasteiger partial charge in [-0.15, -0.1) is 11.3 Å². The van der Waals surface area contributed by atoms with Crippen LogP contribution in [0.2, 0.25) is 0 Å². The Hall–Kier alpha value is -1.98. The molecule has 5 heteroatoms. The highest BCUT2D eigenvalue weighted by Gasteiger charge is 2.24. The molecule has 4 nitrogen and oxygen atoms in total. The van der Waals surface area contributed by atoms with Crippen LogP contribution < -0.4 is 5.32 Å². The summed E-state index contributed by atoms with van der Waals surface area (Å²) >= 11 is 1.46. The van der Waals surface area contributed by atoms with Gasteiger partial charge in [-0.05, 0) is 61.8 Å². The molecule has 1 aliphatic rings. The second-order valence-corrected chi connectivity index (χ2v) is 8.12. The van der Waals surface area contributed by atoms with Gasteiger partial charge in [0.2, 0.25) is 5.91 Å². The number of Topliss-reactive ketones (excluding diaryl/α,β-unsaturated/α-hetero) is 1. The van der Waals surface area contributed by atoms with Crippen LogP contribution in [0.3, 0.4) is 0 Å². The Kier molecular flexibility index (Phi) is 7.18. The van der Waals surface area contributed by atoms with Gasteiger partial charge in [0, 0.05) is 19.4 Å². The molecule has 0 aliphatic carbocycles. The zero-order valence-electron chi connectivity index (χ0n) is 15.9. The van der Waals surface area contributed by atoms with Crippen molar-refractivity contribution in [1.29, 1.82) is 0 Å². The van der Waals surface area contributed by atoms with Crippen molar-refractivity contribution < 1.29 is 9.59 Å². The van der Waals surface area contributed by atoms with E-state index < -0.39 is 0 Å². The van der Waals surface area contributed by atoms with E-state index in [1.54, 1.807) is 0 Å². The fourth-order valence-corrected chi connectivity index (χ4v) is 4.41. The van der Waals surface area contributed by atoms with Crippen LogP contribution in [0.15, 0.2) is 41.8 Å². The van der Waals surface area contributed by atoms with Gasteiger partial charge in [0.15, 0.2) is 5.78 Å². The monoisotopic (exact) mass is 384 g/mol. The topological polar surface area (TPSA) is 49.4 Å². The van der Waals surface area contributed by atoms with Crippen LogP contribution >= 0.6 is 11.3 Å². The maximum atomic E-state index is 12.3. The van der Waals surface area contributed by atoms with E-state index in [0.717, 1.165) is 18.0 Å². The highest BCUT2D eigenvalue weighted by atomic mass is 32.1. The van der Waals surface area contributed by atoms with E-state index >= 15 is 0 Å². The first-order valence-electron chi connectivity index (χ1n) is 9.78. The molecule has 2 aromatic rings. The van der Waals surface area contributed by atoms with Crippen LogP contribution in [-0.4, -0.2) is 36.2 Å². The molecule has 1 atom stereocenters. The number of carbonyl (C=O) groups is 2. The molecule has 1 fully saturated rings. The summed E-state index contributed by atoms with van der Waals surface area (Å²) in [6, 6.07) is 12.4. The predicted octanol–water partition coefficient (Wildman–Crippen LogP) is 4.36. The molecular weight excluding hydrogens is 356 g/mol. The molecular formula is C22H28N2O2S. The largest absolute Gasteiger partial charge is 0.354 e. The van der Waals surface area contributed by atoms with E-state index in [2.05, 4.69) is 41.4 Å². The highest BCUT2D eigenvalue weighted by molar-refractivity contribution is 7.12. The second kappa shape index (κ2) is 9.81. The summed E-state index contributed by atoms with van der Waals surface area (Å²) < 4.78 is 0. The van der Waals surface area contributed by atoms with Gasteiger partial charge in [0.25, 0.3) is 0 Å². The summed E-state index contributed by atoms with van der Waals surface area (Å²) in [4.78, 5) is 27.6. The first kappa shape index (κ1) is 19.8. The van der Waals surface area contributed by atoms with Gasteiger partial charge in [-0.3, -0.25) is 14.5 Å². The van der Waals surface area contributed by atoms with Gasteiger partial charge in [-0.1, -0.05) is 30.3 Å². The second-order valence-electron chi connectivity index (χ2n) is 7.17. The molecule has 1 aromatic carbocycles. The molecule has 0 saturated carbocycles. The maximum absolute atomic E-state index is 12.3. The number of thiophene rings is 1. The molecule has 144 valence electrons. The number of benzene rings is 1. The number of nitrogens with one attached hydrogen (secondary N) is 1. The van der Waals surface area contributed by atoms with Gasteiger partial charge in [-0.25, -0.2) is 0 Å². The SMILES string of the molecule is Cc1ccccc1C(CNC(=O)CCCC(=O)c1cccs1)N1CCCC1. The predicted molar refractivity (Wildman–Crippen MR) is 110 cm³/mol. The van der Waals surface area contributed by atoms with Crippen LogP contribution in [0.4, 0.5) is 0 Å². The van der Waals surface area contributed by atoms with Gasteiger partial charge in [-0.2, -0.15) is 0 Å². The fourth-order valence-electron chi connectivity index (χ4n) is 3.72. The molecule has 0 radical (unpaired) electrons. The molecule has 1 aromatic heterocycles. The lowest BCUT2D eigenvalue weighted by Gasteiger charge is -2.29. The summed E-state index contributed by atoms with van der Waals surface area (Å²) in [6.45, 7) is 4.94. The highest BCUT2D eigenvalue weighted by Crippen LogP contribution is 2.27. The minimum Gasteiger partial charge on any atom is -0.354 e. The maximum Gasteiger partial charge on any atom is 0.220 e. The number of likely N-dealkylation sites (tertiary alicyclic amines) is 1. The smallest absolute Gasteiger partial charge is 0.220 e. The lowest BCUT2D eigenvalue weighted by molar-refractivity contribution is -0.121. The van der Waals surface area contributed by atoms with Crippen LogP contribution in [0, 0.1) is 6.92 Å². The van der Waals surface area contributed by atoms with Crippen LogP contribution in [-0.2, 0) is 4.79 Å². The Balaban J connectivity index is 1.50. The van der Waals surface area contributed by atoms with Gasteiger partial charge >= 0.3 is 0 Å². The number of carbonyl (C=O) groups excluding carboxylic acids is 2. The van der Waals surface area contributed by atoms with Crippen molar-refractivity contribution >= 4 is 23.0 Å². The number of hydrogen-bond acceptors (Lipinski definition) is 4. The molecule has 0 bridgehead atoms. The lowest BCUT2D eigenvalue weighted by atomic mass is 10.00. The van der Waals surface area contributed by atoms with Gasteiger partial charge in [0.1, 0.15) is 0 Å². The molecule has 1 aliphatic heterocycles. The number of nitrogens with zero attached hydrogens (tertiary/aromatic N) is 1. The average Bonchev–Trinajstić information content (AvgIpc) is 3.37. The number of hydrogen-bond donors (Lipinski definition) is 1. The van der Waals surface area contributed by atoms with Crippen molar-refractivity contribution in [3.63, 3.8) is 0 Å². The van der Waals surface area contributed by atoms with Crippen molar-refractivity contribution in [3.8, 4) is 0 Å². The summed E-state index contributed by atoms with van der Waals surface area (Å²) in [5.41, 5.74) is 2.57. The minimum absolute atomic E-state index is 0.0340. The Labute approximate surface area is 165 Å². The van der Waals surface area contributed by atoms with E-state index in [-0.39, 0.29) is 17.7 Å². The normalized spacial score (nSPS) is 15.6. The van der Waals surface area contributed by atoms with E-state index in [1.165, 1.54) is 35.3 Å². The zero-order valence-corrected chi connectivity index (χ0v) is 16.8. The van der Waals surface area contributed by atoms with Crippen LogP contribution in [0.25, 0.3) is 0 Å². The van der Waals surface area contributed by atoms with Crippen molar-refractivity contribution in [1.82, 2.24) is 10.2 Å². The summed E-state index contributed by atoms with van der Waals surface area (Å²) in [5, 5.41) is 5.01. The number of amides is 1. The third-order valence-electron chi connectivity index (χ3n) is 5.23. The first-order chi connectivity index (χ1) is 13.1. The number of rotatable bonds is 9.